The summed E-state index contributed by atoms with van der Waals surface area (Å²) in [4.78, 5) is 29.8. The summed E-state index contributed by atoms with van der Waals surface area (Å²) in [6.07, 6.45) is 23.5. The van der Waals surface area contributed by atoms with E-state index in [2.05, 4.69) is 13.8 Å². The molecule has 6 nitrogen and oxygen atoms in total. The van der Waals surface area contributed by atoms with Crippen LogP contribution in [-0.2, 0) is 9.47 Å². The second-order valence-corrected chi connectivity index (χ2v) is 12.3. The van der Waals surface area contributed by atoms with E-state index >= 15 is 0 Å². The smallest absolute Gasteiger partial charge is 0.415 e. The Morgan fingerprint density at radius 2 is 0.733 bits per heavy atom. The SMILES string of the molecule is CCCCCCCCCCCCOC(=O)N(CN(C(=O)OCCCCCCCCCCCC)c1ccccc1)c1ccccc1. The zero-order valence-corrected chi connectivity index (χ0v) is 28.6. The molecule has 0 spiro atoms. The molecule has 2 rings (SSSR count). The van der Waals surface area contributed by atoms with Crippen LogP contribution < -0.4 is 9.80 Å². The molecule has 0 saturated carbocycles. The van der Waals surface area contributed by atoms with Gasteiger partial charge in [0.15, 0.2) is 0 Å². The van der Waals surface area contributed by atoms with Crippen LogP contribution in [0.3, 0.4) is 0 Å². The molecule has 0 saturated heterocycles. The number of ether oxygens (including phenoxy) is 2. The van der Waals surface area contributed by atoms with Crippen molar-refractivity contribution in [2.24, 2.45) is 0 Å². The Hall–Kier alpha value is -3.02. The van der Waals surface area contributed by atoms with Gasteiger partial charge in [0.25, 0.3) is 0 Å². The van der Waals surface area contributed by atoms with Gasteiger partial charge in [-0.3, -0.25) is 9.80 Å². The fourth-order valence-electron chi connectivity index (χ4n) is 5.50. The number of rotatable bonds is 26. The van der Waals surface area contributed by atoms with Gasteiger partial charge >= 0.3 is 12.2 Å². The Morgan fingerprint density at radius 3 is 1.04 bits per heavy atom. The zero-order valence-electron chi connectivity index (χ0n) is 28.6. The van der Waals surface area contributed by atoms with Crippen LogP contribution in [0.15, 0.2) is 60.7 Å². The molecule has 0 heterocycles. The highest BCUT2D eigenvalue weighted by Crippen LogP contribution is 2.21. The van der Waals surface area contributed by atoms with Crippen LogP contribution in [0.4, 0.5) is 21.0 Å². The largest absolute Gasteiger partial charge is 0.449 e. The first kappa shape index (κ1) is 38.2. The average molecular weight is 623 g/mol. The van der Waals surface area contributed by atoms with Crippen LogP contribution >= 0.6 is 0 Å². The summed E-state index contributed by atoms with van der Waals surface area (Å²) >= 11 is 0. The Bertz CT molecular complexity index is 906. The third-order valence-corrected chi connectivity index (χ3v) is 8.31. The van der Waals surface area contributed by atoms with Gasteiger partial charge in [-0.05, 0) is 37.1 Å². The molecule has 6 heteroatoms. The van der Waals surface area contributed by atoms with E-state index in [9.17, 15) is 9.59 Å². The van der Waals surface area contributed by atoms with Crippen LogP contribution in [0.25, 0.3) is 0 Å². The third-order valence-electron chi connectivity index (χ3n) is 8.31. The van der Waals surface area contributed by atoms with Crippen LogP contribution in [0.1, 0.15) is 142 Å². The van der Waals surface area contributed by atoms with E-state index in [-0.39, 0.29) is 6.67 Å². The van der Waals surface area contributed by atoms with E-state index in [0.717, 1.165) is 25.7 Å². The van der Waals surface area contributed by atoms with Crippen LogP contribution in [0.2, 0.25) is 0 Å². The van der Waals surface area contributed by atoms with Crippen molar-refractivity contribution in [2.75, 3.05) is 29.7 Å². The number of amides is 2. The molecule has 2 aromatic carbocycles. The number of anilines is 2. The Labute approximate surface area is 274 Å². The first-order chi connectivity index (χ1) is 22.2. The van der Waals surface area contributed by atoms with Crippen molar-refractivity contribution in [1.82, 2.24) is 0 Å². The van der Waals surface area contributed by atoms with Gasteiger partial charge in [-0.2, -0.15) is 0 Å². The fourth-order valence-corrected chi connectivity index (χ4v) is 5.50. The maximum absolute atomic E-state index is 13.4. The minimum atomic E-state index is -0.458. The van der Waals surface area contributed by atoms with Crippen molar-refractivity contribution >= 4 is 23.6 Å². The number of nitrogens with zero attached hydrogens (tertiary/aromatic N) is 2. The van der Waals surface area contributed by atoms with Gasteiger partial charge in [-0.15, -0.1) is 0 Å². The van der Waals surface area contributed by atoms with Crippen molar-refractivity contribution in [2.45, 2.75) is 142 Å². The van der Waals surface area contributed by atoms with Crippen molar-refractivity contribution in [3.63, 3.8) is 0 Å². The van der Waals surface area contributed by atoms with E-state index in [1.807, 2.05) is 60.7 Å². The summed E-state index contributed by atoms with van der Waals surface area (Å²) in [6, 6.07) is 18.8. The third kappa shape index (κ3) is 17.9. The number of unbranched alkanes of at least 4 members (excludes halogenated alkanes) is 18. The number of carbonyl (C=O) groups is 2. The van der Waals surface area contributed by atoms with Crippen molar-refractivity contribution < 1.29 is 19.1 Å². The second kappa shape index (κ2) is 26.2. The zero-order chi connectivity index (χ0) is 32.2. The van der Waals surface area contributed by atoms with Crippen molar-refractivity contribution in [3.8, 4) is 0 Å². The van der Waals surface area contributed by atoms with E-state index in [1.165, 1.54) is 113 Å². The fraction of sp³-hybridized carbons (Fsp3) is 0.641. The van der Waals surface area contributed by atoms with E-state index in [1.54, 1.807) is 0 Å². The molecular weight excluding hydrogens is 560 g/mol. The van der Waals surface area contributed by atoms with Crippen molar-refractivity contribution in [3.05, 3.63) is 60.7 Å². The second-order valence-electron chi connectivity index (χ2n) is 12.3. The van der Waals surface area contributed by atoms with Gasteiger partial charge < -0.3 is 9.47 Å². The Kier molecular flexibility index (Phi) is 22.2. The normalized spacial score (nSPS) is 10.9. The Morgan fingerprint density at radius 1 is 0.444 bits per heavy atom. The molecular formula is C39H62N2O4. The molecule has 45 heavy (non-hydrogen) atoms. The average Bonchev–Trinajstić information content (AvgIpc) is 3.07. The first-order valence-electron chi connectivity index (χ1n) is 18.2. The summed E-state index contributed by atoms with van der Waals surface area (Å²) in [5.74, 6) is 0. The van der Waals surface area contributed by atoms with Gasteiger partial charge in [0, 0.05) is 11.4 Å². The number of para-hydroxylation sites is 2. The topological polar surface area (TPSA) is 59.1 Å². The molecule has 0 aromatic heterocycles. The van der Waals surface area contributed by atoms with E-state index in [0.29, 0.717) is 24.6 Å². The molecule has 0 N–H and O–H groups in total. The molecule has 0 aliphatic heterocycles. The van der Waals surface area contributed by atoms with Crippen LogP contribution in [0, 0.1) is 0 Å². The predicted molar refractivity (Wildman–Crippen MR) is 189 cm³/mol. The molecule has 252 valence electrons. The summed E-state index contributed by atoms with van der Waals surface area (Å²) in [5, 5.41) is 0. The lowest BCUT2D eigenvalue weighted by molar-refractivity contribution is 0.146. The predicted octanol–water partition coefficient (Wildman–Crippen LogP) is 12.1. The number of hydrogen-bond acceptors (Lipinski definition) is 4. The highest BCUT2D eigenvalue weighted by atomic mass is 16.6. The summed E-state index contributed by atoms with van der Waals surface area (Å²) in [6.45, 7) is 5.24. The van der Waals surface area contributed by atoms with Gasteiger partial charge in [0.2, 0.25) is 0 Å². The lowest BCUT2D eigenvalue weighted by Crippen LogP contribution is -2.45. The molecule has 0 unspecified atom stereocenters. The van der Waals surface area contributed by atoms with Gasteiger partial charge in [-0.25, -0.2) is 9.59 Å². The van der Waals surface area contributed by atoms with E-state index < -0.39 is 12.2 Å². The minimum Gasteiger partial charge on any atom is -0.449 e. The maximum Gasteiger partial charge on any atom is 0.415 e. The molecule has 2 amide bonds. The number of carbonyl (C=O) groups excluding carboxylic acids is 2. The summed E-state index contributed by atoms with van der Waals surface area (Å²) < 4.78 is 11.5. The quantitative estimate of drug-likeness (QED) is 0.0773. The lowest BCUT2D eigenvalue weighted by Gasteiger charge is -2.29. The van der Waals surface area contributed by atoms with Gasteiger partial charge in [0.1, 0.15) is 6.67 Å². The monoisotopic (exact) mass is 622 g/mol. The first-order valence-corrected chi connectivity index (χ1v) is 18.2. The summed E-state index contributed by atoms with van der Waals surface area (Å²) in [7, 11) is 0. The number of hydrogen-bond donors (Lipinski definition) is 0. The molecule has 0 atom stereocenters. The standard InChI is InChI=1S/C39H62N2O4/c1-3-5-7-9-11-13-15-17-19-27-33-44-38(42)40(36-29-23-21-24-30-36)35-41(37-31-25-22-26-32-37)39(43)45-34-28-20-18-16-14-12-10-8-6-4-2/h21-26,29-32H,3-20,27-28,33-35H2,1-2H3. The highest BCUT2D eigenvalue weighted by Gasteiger charge is 2.25. The Balaban J connectivity index is 1.84. The molecule has 0 aliphatic rings. The maximum atomic E-state index is 13.4. The van der Waals surface area contributed by atoms with E-state index in [4.69, 9.17) is 9.47 Å². The molecule has 0 fully saturated rings. The highest BCUT2D eigenvalue weighted by molar-refractivity contribution is 5.93. The van der Waals surface area contributed by atoms with Crippen molar-refractivity contribution in [1.29, 1.82) is 0 Å². The van der Waals surface area contributed by atoms with Gasteiger partial charge in [0.05, 0.1) is 13.2 Å². The molecule has 2 aromatic rings. The minimum absolute atomic E-state index is 0.00174. The molecule has 0 radical (unpaired) electrons. The summed E-state index contributed by atoms with van der Waals surface area (Å²) in [5.41, 5.74) is 1.35. The van der Waals surface area contributed by atoms with Crippen LogP contribution in [0.5, 0.6) is 0 Å². The van der Waals surface area contributed by atoms with Crippen LogP contribution in [-0.4, -0.2) is 32.1 Å². The number of benzene rings is 2. The molecule has 0 bridgehead atoms. The molecule has 0 aliphatic carbocycles. The van der Waals surface area contributed by atoms with Gasteiger partial charge in [-0.1, -0.05) is 166 Å². The lowest BCUT2D eigenvalue weighted by atomic mass is 10.1.